The smallest absolute Gasteiger partial charge is 0.242 e. The summed E-state index contributed by atoms with van der Waals surface area (Å²) in [5, 5.41) is 3.00. The molecule has 4 nitrogen and oxygen atoms in total. The van der Waals surface area contributed by atoms with E-state index in [1.807, 2.05) is 89.2 Å². The van der Waals surface area contributed by atoms with E-state index in [1.54, 1.807) is 16.7 Å². The first-order valence-corrected chi connectivity index (χ1v) is 11.0. The van der Waals surface area contributed by atoms with E-state index in [9.17, 15) is 9.59 Å². The Balaban J connectivity index is 2.11. The molecule has 2 amide bonds. The van der Waals surface area contributed by atoms with Gasteiger partial charge < -0.3 is 10.2 Å². The molecule has 0 radical (unpaired) electrons. The van der Waals surface area contributed by atoms with Crippen LogP contribution < -0.4 is 5.32 Å². The zero-order valence-corrected chi connectivity index (χ0v) is 18.9. The second-order valence-corrected chi connectivity index (χ2v) is 9.44. The average Bonchev–Trinajstić information content (AvgIpc) is 2.66. The average molecular weight is 413 g/mol. The maximum absolute atomic E-state index is 13.1. The van der Waals surface area contributed by atoms with Crippen LogP contribution in [-0.2, 0) is 16.1 Å². The van der Waals surface area contributed by atoms with Crippen molar-refractivity contribution in [1.29, 1.82) is 0 Å². The van der Waals surface area contributed by atoms with Gasteiger partial charge in [0, 0.05) is 29.2 Å². The van der Waals surface area contributed by atoms with E-state index in [-0.39, 0.29) is 17.4 Å². The molecule has 156 valence electrons. The minimum atomic E-state index is -0.539. The lowest BCUT2D eigenvalue weighted by atomic mass is 10.1. The molecule has 0 spiro atoms. The van der Waals surface area contributed by atoms with Crippen LogP contribution in [0.25, 0.3) is 0 Å². The third-order valence-corrected chi connectivity index (χ3v) is 5.61. The number of thioether (sulfide) groups is 1. The molecule has 0 heterocycles. The number of carbonyl (C=O) groups excluding carboxylic acids is 2. The van der Waals surface area contributed by atoms with Gasteiger partial charge in [-0.1, -0.05) is 42.5 Å². The lowest BCUT2D eigenvalue weighted by molar-refractivity contribution is -0.140. The highest BCUT2D eigenvalue weighted by atomic mass is 32.2. The molecule has 0 aliphatic rings. The molecule has 2 aromatic rings. The standard InChI is InChI=1S/C24H32N2O2S/c1-18-11-9-10-12-20(18)17-26(19(2)23(28)25-24(3,4)5)22(27)15-16-29-21-13-7-6-8-14-21/h6-14,19H,15-17H2,1-5H3,(H,25,28)/t19-/m0/s1. The van der Waals surface area contributed by atoms with Gasteiger partial charge in [0.05, 0.1) is 0 Å². The van der Waals surface area contributed by atoms with Crippen LogP contribution >= 0.6 is 11.8 Å². The molecule has 0 unspecified atom stereocenters. The summed E-state index contributed by atoms with van der Waals surface area (Å²) < 4.78 is 0. The zero-order chi connectivity index (χ0) is 21.4. The van der Waals surface area contributed by atoms with Gasteiger partial charge in [-0.2, -0.15) is 0 Å². The van der Waals surface area contributed by atoms with Crippen molar-refractivity contribution < 1.29 is 9.59 Å². The van der Waals surface area contributed by atoms with E-state index >= 15 is 0 Å². The number of nitrogens with one attached hydrogen (secondary N) is 1. The van der Waals surface area contributed by atoms with Crippen LogP contribution in [0.4, 0.5) is 0 Å². The van der Waals surface area contributed by atoms with Crippen molar-refractivity contribution in [2.45, 2.75) is 64.1 Å². The van der Waals surface area contributed by atoms with Crippen molar-refractivity contribution in [3.05, 3.63) is 65.7 Å². The van der Waals surface area contributed by atoms with Crippen LogP contribution in [0, 0.1) is 6.92 Å². The minimum Gasteiger partial charge on any atom is -0.350 e. The summed E-state index contributed by atoms with van der Waals surface area (Å²) in [6, 6.07) is 17.5. The summed E-state index contributed by atoms with van der Waals surface area (Å²) in [4.78, 5) is 28.7. The van der Waals surface area contributed by atoms with Crippen molar-refractivity contribution in [2.24, 2.45) is 0 Å². The van der Waals surface area contributed by atoms with E-state index in [2.05, 4.69) is 5.32 Å². The third-order valence-electron chi connectivity index (χ3n) is 4.60. The minimum absolute atomic E-state index is 0.00626. The molecule has 0 aliphatic heterocycles. The number of benzene rings is 2. The number of rotatable bonds is 8. The second-order valence-electron chi connectivity index (χ2n) is 8.27. The molecule has 0 saturated heterocycles. The molecule has 0 aromatic heterocycles. The van der Waals surface area contributed by atoms with Crippen molar-refractivity contribution in [2.75, 3.05) is 5.75 Å². The van der Waals surface area contributed by atoms with Crippen LogP contribution in [0.15, 0.2) is 59.5 Å². The van der Waals surface area contributed by atoms with Crippen LogP contribution in [0.5, 0.6) is 0 Å². The van der Waals surface area contributed by atoms with E-state index in [1.165, 1.54) is 0 Å². The highest BCUT2D eigenvalue weighted by molar-refractivity contribution is 7.99. The molecule has 0 fully saturated rings. The predicted molar refractivity (Wildman–Crippen MR) is 121 cm³/mol. The van der Waals surface area contributed by atoms with Gasteiger partial charge in [0.2, 0.25) is 11.8 Å². The Morgan fingerprint density at radius 2 is 1.66 bits per heavy atom. The van der Waals surface area contributed by atoms with Gasteiger partial charge in [-0.15, -0.1) is 11.8 Å². The van der Waals surface area contributed by atoms with Crippen LogP contribution in [0.2, 0.25) is 0 Å². The van der Waals surface area contributed by atoms with Gasteiger partial charge in [0.15, 0.2) is 0 Å². The molecule has 2 aromatic carbocycles. The summed E-state index contributed by atoms with van der Waals surface area (Å²) in [6.45, 7) is 10.1. The molecular formula is C24H32N2O2S. The number of hydrogen-bond acceptors (Lipinski definition) is 3. The molecule has 2 rings (SSSR count). The van der Waals surface area contributed by atoms with E-state index in [0.717, 1.165) is 16.0 Å². The van der Waals surface area contributed by atoms with Crippen molar-refractivity contribution in [3.63, 3.8) is 0 Å². The molecule has 1 N–H and O–H groups in total. The largest absolute Gasteiger partial charge is 0.350 e. The maximum atomic E-state index is 13.1. The number of aryl methyl sites for hydroxylation is 1. The summed E-state index contributed by atoms with van der Waals surface area (Å²) in [5.41, 5.74) is 1.84. The molecule has 0 aliphatic carbocycles. The molecule has 0 saturated carbocycles. The lowest BCUT2D eigenvalue weighted by Crippen LogP contribution is -2.52. The van der Waals surface area contributed by atoms with Crippen molar-refractivity contribution in [3.8, 4) is 0 Å². The van der Waals surface area contributed by atoms with Gasteiger partial charge in [-0.05, 0) is 57.9 Å². The van der Waals surface area contributed by atoms with Gasteiger partial charge in [0.1, 0.15) is 6.04 Å². The normalized spacial score (nSPS) is 12.3. The second kappa shape index (κ2) is 10.5. The Hall–Kier alpha value is -2.27. The predicted octanol–water partition coefficient (Wildman–Crippen LogP) is 4.81. The fourth-order valence-electron chi connectivity index (χ4n) is 2.94. The first-order valence-electron chi connectivity index (χ1n) is 10.0. The van der Waals surface area contributed by atoms with Crippen molar-refractivity contribution in [1.82, 2.24) is 10.2 Å². The van der Waals surface area contributed by atoms with Gasteiger partial charge in [0.25, 0.3) is 0 Å². The topological polar surface area (TPSA) is 49.4 Å². The van der Waals surface area contributed by atoms with E-state index in [0.29, 0.717) is 18.7 Å². The summed E-state index contributed by atoms with van der Waals surface area (Å²) >= 11 is 1.66. The van der Waals surface area contributed by atoms with E-state index < -0.39 is 6.04 Å². The van der Waals surface area contributed by atoms with Crippen LogP contribution in [0.1, 0.15) is 45.2 Å². The zero-order valence-electron chi connectivity index (χ0n) is 18.1. The molecule has 1 atom stereocenters. The first kappa shape index (κ1) is 23.0. The first-order chi connectivity index (χ1) is 13.7. The van der Waals surface area contributed by atoms with Gasteiger partial charge >= 0.3 is 0 Å². The number of carbonyl (C=O) groups is 2. The fourth-order valence-corrected chi connectivity index (χ4v) is 3.81. The SMILES string of the molecule is Cc1ccccc1CN(C(=O)CCSc1ccccc1)[C@@H](C)C(=O)NC(C)(C)C. The van der Waals surface area contributed by atoms with Crippen LogP contribution in [0.3, 0.4) is 0 Å². The number of hydrogen-bond donors (Lipinski definition) is 1. The van der Waals surface area contributed by atoms with Gasteiger partial charge in [-0.3, -0.25) is 9.59 Å². The highest BCUT2D eigenvalue weighted by Crippen LogP contribution is 2.20. The quantitative estimate of drug-likeness (QED) is 0.633. The molecular weight excluding hydrogens is 380 g/mol. The number of amides is 2. The lowest BCUT2D eigenvalue weighted by Gasteiger charge is -2.32. The maximum Gasteiger partial charge on any atom is 0.242 e. The van der Waals surface area contributed by atoms with Crippen LogP contribution in [-0.4, -0.2) is 34.0 Å². The Morgan fingerprint density at radius 3 is 2.28 bits per heavy atom. The van der Waals surface area contributed by atoms with Crippen molar-refractivity contribution >= 4 is 23.6 Å². The summed E-state index contributed by atoms with van der Waals surface area (Å²) in [7, 11) is 0. The highest BCUT2D eigenvalue weighted by Gasteiger charge is 2.28. The molecule has 5 heteroatoms. The summed E-state index contributed by atoms with van der Waals surface area (Å²) in [5.74, 6) is 0.546. The Kier molecular flexibility index (Phi) is 8.32. The number of nitrogens with zero attached hydrogens (tertiary/aromatic N) is 1. The molecule has 0 bridgehead atoms. The Labute approximate surface area is 179 Å². The van der Waals surface area contributed by atoms with Gasteiger partial charge in [-0.25, -0.2) is 0 Å². The third kappa shape index (κ3) is 7.58. The Bertz CT molecular complexity index is 815. The molecule has 29 heavy (non-hydrogen) atoms. The monoisotopic (exact) mass is 412 g/mol. The Morgan fingerprint density at radius 1 is 1.03 bits per heavy atom. The van der Waals surface area contributed by atoms with E-state index in [4.69, 9.17) is 0 Å². The fraction of sp³-hybridized carbons (Fsp3) is 0.417. The summed E-state index contributed by atoms with van der Waals surface area (Å²) in [6.07, 6.45) is 0.387.